The normalized spacial score (nSPS) is 11.9. The number of fused-ring (bicyclic) bond motifs is 4. The fourth-order valence-corrected chi connectivity index (χ4v) is 6.01. The summed E-state index contributed by atoms with van der Waals surface area (Å²) in [5.41, 5.74) is 10.9. The summed E-state index contributed by atoms with van der Waals surface area (Å²) in [4.78, 5) is 9.06. The van der Waals surface area contributed by atoms with Crippen molar-refractivity contribution in [3.8, 4) is 45.5 Å². The second kappa shape index (κ2) is 12.8. The third-order valence-electron chi connectivity index (χ3n) is 8.19. The van der Waals surface area contributed by atoms with E-state index in [1.54, 1.807) is 0 Å². The zero-order valence-corrected chi connectivity index (χ0v) is 28.0. The average molecular weight is 763 g/mol. The van der Waals surface area contributed by atoms with E-state index in [0.717, 1.165) is 61.9 Å². The maximum atomic E-state index is 6.50. The third kappa shape index (κ3) is 5.84. The summed E-state index contributed by atoms with van der Waals surface area (Å²) in [5.74, 6) is 3.85. The molecule has 0 atom stereocenters. The van der Waals surface area contributed by atoms with Gasteiger partial charge in [-0.2, -0.15) is 0 Å². The van der Waals surface area contributed by atoms with Crippen LogP contribution in [0.1, 0.15) is 36.5 Å². The SMILES string of the molecule is Cc1ccc(-c2[c-]cccc2)nc1.Cc1cnc(-c2[c-]ccc3c2Oc2cccc4c2B3c2ccccc2O4)cc1C(C)C.[Ir]. The number of pyridine rings is 2. The van der Waals surface area contributed by atoms with E-state index in [2.05, 4.69) is 68.2 Å². The molecule has 6 aromatic rings. The minimum atomic E-state index is 0. The van der Waals surface area contributed by atoms with Crippen molar-refractivity contribution in [2.45, 2.75) is 33.6 Å². The van der Waals surface area contributed by atoms with Gasteiger partial charge in [0, 0.05) is 43.7 Å². The molecule has 1 radical (unpaired) electrons. The number of benzene rings is 4. The summed E-state index contributed by atoms with van der Waals surface area (Å²) in [6.07, 6.45) is 3.83. The van der Waals surface area contributed by atoms with Crippen molar-refractivity contribution >= 4 is 23.1 Å². The molecule has 45 heavy (non-hydrogen) atoms. The Balaban J connectivity index is 0.000000215. The zero-order valence-electron chi connectivity index (χ0n) is 25.6. The van der Waals surface area contributed by atoms with Gasteiger partial charge in [0.05, 0.1) is 0 Å². The first-order valence-corrected chi connectivity index (χ1v) is 15.0. The van der Waals surface area contributed by atoms with E-state index in [4.69, 9.17) is 14.5 Å². The van der Waals surface area contributed by atoms with Crippen LogP contribution in [0.2, 0.25) is 0 Å². The summed E-state index contributed by atoms with van der Waals surface area (Å²) >= 11 is 0. The first kappa shape index (κ1) is 30.5. The van der Waals surface area contributed by atoms with Gasteiger partial charge < -0.3 is 19.4 Å². The van der Waals surface area contributed by atoms with Gasteiger partial charge in [-0.25, -0.2) is 0 Å². The molecule has 223 valence electrons. The number of ether oxygens (including phenoxy) is 2. The van der Waals surface area contributed by atoms with Crippen LogP contribution in [0.3, 0.4) is 0 Å². The molecule has 4 aromatic carbocycles. The molecule has 0 fully saturated rings. The molecule has 0 amide bonds. The maximum Gasteiger partial charge on any atom is 0.241 e. The molecule has 4 heterocycles. The second-order valence-corrected chi connectivity index (χ2v) is 11.6. The molecule has 8 rings (SSSR count). The minimum absolute atomic E-state index is 0. The van der Waals surface area contributed by atoms with E-state index >= 15 is 0 Å². The van der Waals surface area contributed by atoms with Crippen LogP contribution in [-0.2, 0) is 20.1 Å². The van der Waals surface area contributed by atoms with Gasteiger partial charge in [-0.1, -0.05) is 61.9 Å². The van der Waals surface area contributed by atoms with Gasteiger partial charge in [0.25, 0.3) is 0 Å². The molecule has 2 aromatic heterocycles. The van der Waals surface area contributed by atoms with Crippen LogP contribution in [0, 0.1) is 26.0 Å². The molecule has 6 heteroatoms. The van der Waals surface area contributed by atoms with Crippen LogP contribution in [0.4, 0.5) is 0 Å². The number of nitrogens with zero attached hydrogens (tertiary/aromatic N) is 2. The summed E-state index contributed by atoms with van der Waals surface area (Å²) in [5, 5.41) is 0. The Morgan fingerprint density at radius 2 is 1.44 bits per heavy atom. The third-order valence-corrected chi connectivity index (χ3v) is 8.19. The van der Waals surface area contributed by atoms with Gasteiger partial charge in [0.1, 0.15) is 17.2 Å². The smallest absolute Gasteiger partial charge is 0.241 e. The minimum Gasteiger partial charge on any atom is -0.503 e. The van der Waals surface area contributed by atoms with Gasteiger partial charge in [-0.3, -0.25) is 0 Å². The number of rotatable bonds is 3. The molecule has 0 bridgehead atoms. The van der Waals surface area contributed by atoms with Crippen LogP contribution >= 0.6 is 0 Å². The summed E-state index contributed by atoms with van der Waals surface area (Å²) < 4.78 is 12.7. The Morgan fingerprint density at radius 1 is 0.689 bits per heavy atom. The molecule has 0 N–H and O–H groups in total. The maximum absolute atomic E-state index is 6.50. The predicted molar refractivity (Wildman–Crippen MR) is 178 cm³/mol. The van der Waals surface area contributed by atoms with Crippen molar-refractivity contribution in [3.05, 3.63) is 138 Å². The van der Waals surface area contributed by atoms with E-state index in [1.165, 1.54) is 16.7 Å². The van der Waals surface area contributed by atoms with Crippen LogP contribution in [-0.4, -0.2) is 16.7 Å². The molecular formula is C39H31BIrN2O2-2. The molecule has 0 unspecified atom stereocenters. The number of hydrogen-bond donors (Lipinski definition) is 0. The van der Waals surface area contributed by atoms with E-state index in [9.17, 15) is 0 Å². The van der Waals surface area contributed by atoms with E-state index < -0.39 is 0 Å². The van der Waals surface area contributed by atoms with Crippen molar-refractivity contribution in [1.29, 1.82) is 0 Å². The standard InChI is InChI=1S/C27H21BNO2.C12H10N.Ir/c1-16(2)19-14-22(29-15-17(19)3)18-8-6-10-21-27(18)31-25-13-7-12-24-26(25)28(21)20-9-4-5-11-23(20)30-24;1-10-7-8-12(13-9-10)11-5-3-2-4-6-11;/h4-7,9-16H,1-3H3;2-5,7-9H,1H3;/q2*-1;. The average Bonchev–Trinajstić information content (AvgIpc) is 3.05. The van der Waals surface area contributed by atoms with Gasteiger partial charge >= 0.3 is 0 Å². The molecule has 0 saturated carbocycles. The van der Waals surface area contributed by atoms with Crippen molar-refractivity contribution in [1.82, 2.24) is 9.97 Å². The van der Waals surface area contributed by atoms with Crippen LogP contribution in [0.5, 0.6) is 23.0 Å². The molecule has 2 aliphatic heterocycles. The first-order valence-electron chi connectivity index (χ1n) is 15.0. The number of aromatic nitrogens is 2. The topological polar surface area (TPSA) is 44.2 Å². The molecular weight excluding hydrogens is 731 g/mol. The van der Waals surface area contributed by atoms with Crippen molar-refractivity contribution in [2.75, 3.05) is 0 Å². The van der Waals surface area contributed by atoms with Gasteiger partial charge in [0.2, 0.25) is 6.71 Å². The quantitative estimate of drug-likeness (QED) is 0.138. The monoisotopic (exact) mass is 763 g/mol. The van der Waals surface area contributed by atoms with Crippen LogP contribution in [0.25, 0.3) is 22.5 Å². The van der Waals surface area contributed by atoms with E-state index in [0.29, 0.717) is 5.92 Å². The molecule has 4 nitrogen and oxygen atoms in total. The van der Waals surface area contributed by atoms with Crippen molar-refractivity contribution in [3.63, 3.8) is 0 Å². The Labute approximate surface area is 279 Å². The number of aryl methyl sites for hydroxylation is 2. The van der Waals surface area contributed by atoms with Gasteiger partial charge in [-0.05, 0) is 71.5 Å². The Morgan fingerprint density at radius 3 is 2.20 bits per heavy atom. The molecule has 2 aliphatic rings. The zero-order chi connectivity index (χ0) is 30.2. The van der Waals surface area contributed by atoms with Crippen molar-refractivity contribution < 1.29 is 29.6 Å². The number of hydrogen-bond acceptors (Lipinski definition) is 4. The van der Waals surface area contributed by atoms with E-state index in [1.807, 2.05) is 86.0 Å². The Kier molecular flexibility index (Phi) is 8.71. The van der Waals surface area contributed by atoms with Gasteiger partial charge in [0.15, 0.2) is 0 Å². The van der Waals surface area contributed by atoms with Crippen LogP contribution in [0.15, 0.2) is 109 Å². The number of para-hydroxylation sites is 1. The van der Waals surface area contributed by atoms with Crippen LogP contribution < -0.4 is 25.9 Å². The predicted octanol–water partition coefficient (Wildman–Crippen LogP) is 7.56. The summed E-state index contributed by atoms with van der Waals surface area (Å²) in [6, 6.07) is 39.0. The Bertz CT molecular complexity index is 1980. The Hall–Kier alpha value is -4.51. The summed E-state index contributed by atoms with van der Waals surface area (Å²) in [6.45, 7) is 8.63. The summed E-state index contributed by atoms with van der Waals surface area (Å²) in [7, 11) is 0. The fraction of sp³-hybridized carbons (Fsp3) is 0.128. The molecule has 0 saturated heterocycles. The van der Waals surface area contributed by atoms with Gasteiger partial charge in [-0.15, -0.1) is 59.6 Å². The first-order chi connectivity index (χ1) is 21.5. The molecule has 0 aliphatic carbocycles. The largest absolute Gasteiger partial charge is 0.503 e. The van der Waals surface area contributed by atoms with E-state index in [-0.39, 0.29) is 26.8 Å². The fourth-order valence-electron chi connectivity index (χ4n) is 6.01. The second-order valence-electron chi connectivity index (χ2n) is 11.6. The molecule has 0 spiro atoms. The van der Waals surface area contributed by atoms with Crippen molar-refractivity contribution in [2.24, 2.45) is 0 Å².